The Bertz CT molecular complexity index is 593. The first kappa shape index (κ1) is 13.3. The molecule has 0 aliphatic heterocycles. The second-order valence-corrected chi connectivity index (χ2v) is 4.25. The van der Waals surface area contributed by atoms with E-state index in [1.165, 1.54) is 25.1 Å². The molecular formula is C14H15FN2O2. The third kappa shape index (κ3) is 3.19. The van der Waals surface area contributed by atoms with Gasteiger partial charge in [-0.25, -0.2) is 9.37 Å². The van der Waals surface area contributed by atoms with Crippen molar-refractivity contribution in [2.24, 2.45) is 7.05 Å². The lowest BCUT2D eigenvalue weighted by molar-refractivity contribution is 0.101. The Balaban J connectivity index is 2.05. The maximum atomic E-state index is 13.2. The van der Waals surface area contributed by atoms with Crippen molar-refractivity contribution in [3.05, 3.63) is 47.8 Å². The molecule has 1 aromatic carbocycles. The summed E-state index contributed by atoms with van der Waals surface area (Å²) in [6, 6.07) is 3.92. The Kier molecular flexibility index (Phi) is 3.94. The van der Waals surface area contributed by atoms with Crippen molar-refractivity contribution in [3.8, 4) is 5.75 Å². The summed E-state index contributed by atoms with van der Waals surface area (Å²) in [5.41, 5.74) is 0.390. The Morgan fingerprint density at radius 2 is 2.26 bits per heavy atom. The van der Waals surface area contributed by atoms with Crippen LogP contribution in [-0.4, -0.2) is 21.9 Å². The van der Waals surface area contributed by atoms with E-state index in [0.717, 1.165) is 5.82 Å². The number of aryl methyl sites for hydroxylation is 1. The van der Waals surface area contributed by atoms with E-state index < -0.39 is 5.82 Å². The first-order valence-electron chi connectivity index (χ1n) is 5.97. The zero-order chi connectivity index (χ0) is 13.8. The minimum absolute atomic E-state index is 0.146. The fourth-order valence-electron chi connectivity index (χ4n) is 1.80. The second kappa shape index (κ2) is 5.65. The molecule has 19 heavy (non-hydrogen) atoms. The molecule has 5 heteroatoms. The van der Waals surface area contributed by atoms with Gasteiger partial charge in [-0.2, -0.15) is 0 Å². The predicted octanol–water partition coefficient (Wildman–Crippen LogP) is 2.38. The van der Waals surface area contributed by atoms with Gasteiger partial charge in [-0.1, -0.05) is 0 Å². The van der Waals surface area contributed by atoms with Crippen molar-refractivity contribution in [2.75, 3.05) is 6.61 Å². The van der Waals surface area contributed by atoms with Gasteiger partial charge in [0.25, 0.3) is 0 Å². The summed E-state index contributed by atoms with van der Waals surface area (Å²) in [5.74, 6) is 0.589. The lowest BCUT2D eigenvalue weighted by atomic mass is 10.1. The highest BCUT2D eigenvalue weighted by atomic mass is 19.1. The first-order chi connectivity index (χ1) is 9.08. The van der Waals surface area contributed by atoms with Gasteiger partial charge in [0.15, 0.2) is 5.78 Å². The number of ketones is 1. The fourth-order valence-corrected chi connectivity index (χ4v) is 1.80. The Morgan fingerprint density at radius 3 is 2.89 bits per heavy atom. The third-order valence-electron chi connectivity index (χ3n) is 2.83. The Labute approximate surface area is 110 Å². The zero-order valence-electron chi connectivity index (χ0n) is 10.9. The number of Topliss-reactive ketones (excluding diaryl/α,β-unsaturated/α-hetero) is 1. The lowest BCUT2D eigenvalue weighted by Crippen LogP contribution is -2.08. The van der Waals surface area contributed by atoms with Gasteiger partial charge in [-0.05, 0) is 19.1 Å². The van der Waals surface area contributed by atoms with Gasteiger partial charge in [0.1, 0.15) is 17.4 Å². The maximum absolute atomic E-state index is 13.2. The molecule has 2 rings (SSSR count). The number of carbonyl (C=O) groups excluding carboxylic acids is 1. The van der Waals surface area contributed by atoms with Crippen molar-refractivity contribution in [1.29, 1.82) is 0 Å². The standard InChI is InChI=1S/C14H15FN2O2/c1-10(18)12-4-3-11(15)9-13(12)19-8-5-14-16-6-7-17(14)2/h3-4,6-7,9H,5,8H2,1-2H3. The minimum Gasteiger partial charge on any atom is -0.492 e. The van der Waals surface area contributed by atoms with Crippen molar-refractivity contribution < 1.29 is 13.9 Å². The minimum atomic E-state index is -0.419. The van der Waals surface area contributed by atoms with Crippen LogP contribution in [0.25, 0.3) is 0 Å². The number of ether oxygens (including phenoxy) is 1. The molecule has 0 bridgehead atoms. The molecule has 0 spiro atoms. The van der Waals surface area contributed by atoms with Crippen LogP contribution in [0.1, 0.15) is 23.1 Å². The largest absolute Gasteiger partial charge is 0.492 e. The summed E-state index contributed by atoms with van der Waals surface area (Å²) in [7, 11) is 1.89. The maximum Gasteiger partial charge on any atom is 0.163 e. The number of aromatic nitrogens is 2. The molecule has 0 atom stereocenters. The number of benzene rings is 1. The summed E-state index contributed by atoms with van der Waals surface area (Å²) >= 11 is 0. The Morgan fingerprint density at radius 1 is 1.47 bits per heavy atom. The molecule has 2 aromatic rings. The van der Waals surface area contributed by atoms with Gasteiger partial charge >= 0.3 is 0 Å². The molecule has 0 aliphatic rings. The predicted molar refractivity (Wildman–Crippen MR) is 68.8 cm³/mol. The van der Waals surface area contributed by atoms with E-state index in [-0.39, 0.29) is 11.5 Å². The van der Waals surface area contributed by atoms with E-state index >= 15 is 0 Å². The van der Waals surface area contributed by atoms with Gasteiger partial charge in [-0.15, -0.1) is 0 Å². The van der Waals surface area contributed by atoms with Crippen molar-refractivity contribution >= 4 is 5.78 Å². The van der Waals surface area contributed by atoms with Crippen LogP contribution >= 0.6 is 0 Å². The van der Waals surface area contributed by atoms with Crippen LogP contribution in [0, 0.1) is 5.82 Å². The van der Waals surface area contributed by atoms with Crippen molar-refractivity contribution in [3.63, 3.8) is 0 Å². The number of carbonyl (C=O) groups is 1. The molecular weight excluding hydrogens is 247 g/mol. The van der Waals surface area contributed by atoms with Crippen LogP contribution < -0.4 is 4.74 Å². The molecule has 0 unspecified atom stereocenters. The van der Waals surface area contributed by atoms with Gasteiger partial charge in [0, 0.05) is 31.9 Å². The van der Waals surface area contributed by atoms with Crippen LogP contribution in [0.5, 0.6) is 5.75 Å². The van der Waals surface area contributed by atoms with E-state index in [0.29, 0.717) is 18.6 Å². The highest BCUT2D eigenvalue weighted by molar-refractivity contribution is 5.96. The monoisotopic (exact) mass is 262 g/mol. The van der Waals surface area contributed by atoms with E-state index in [2.05, 4.69) is 4.98 Å². The summed E-state index contributed by atoms with van der Waals surface area (Å²) < 4.78 is 20.6. The van der Waals surface area contributed by atoms with E-state index in [1.54, 1.807) is 6.20 Å². The number of imidazole rings is 1. The summed E-state index contributed by atoms with van der Waals surface area (Å²) in [5, 5.41) is 0. The molecule has 0 aliphatic carbocycles. The summed E-state index contributed by atoms with van der Waals surface area (Å²) in [6.07, 6.45) is 4.15. The van der Waals surface area contributed by atoms with E-state index in [9.17, 15) is 9.18 Å². The smallest absolute Gasteiger partial charge is 0.163 e. The molecule has 0 saturated carbocycles. The number of hydrogen-bond donors (Lipinski definition) is 0. The molecule has 0 saturated heterocycles. The van der Waals surface area contributed by atoms with Crippen LogP contribution in [0.3, 0.4) is 0 Å². The number of halogens is 1. The molecule has 0 radical (unpaired) electrons. The van der Waals surface area contributed by atoms with Crippen LogP contribution in [0.2, 0.25) is 0 Å². The number of rotatable bonds is 5. The summed E-state index contributed by atoms with van der Waals surface area (Å²) in [6.45, 7) is 1.77. The lowest BCUT2D eigenvalue weighted by Gasteiger charge is -2.09. The highest BCUT2D eigenvalue weighted by Gasteiger charge is 2.10. The van der Waals surface area contributed by atoms with Gasteiger partial charge in [-0.3, -0.25) is 4.79 Å². The zero-order valence-corrected chi connectivity index (χ0v) is 10.9. The van der Waals surface area contributed by atoms with Crippen LogP contribution in [0.15, 0.2) is 30.6 Å². The second-order valence-electron chi connectivity index (χ2n) is 4.25. The number of hydrogen-bond acceptors (Lipinski definition) is 3. The van der Waals surface area contributed by atoms with E-state index in [1.807, 2.05) is 17.8 Å². The quantitative estimate of drug-likeness (QED) is 0.777. The van der Waals surface area contributed by atoms with Crippen LogP contribution in [0.4, 0.5) is 4.39 Å². The highest BCUT2D eigenvalue weighted by Crippen LogP contribution is 2.20. The van der Waals surface area contributed by atoms with Crippen molar-refractivity contribution in [1.82, 2.24) is 9.55 Å². The normalized spacial score (nSPS) is 10.5. The SMILES string of the molecule is CC(=O)c1ccc(F)cc1OCCc1nccn1C. The van der Waals surface area contributed by atoms with Crippen molar-refractivity contribution in [2.45, 2.75) is 13.3 Å². The molecule has 100 valence electrons. The van der Waals surface area contributed by atoms with Crippen LogP contribution in [-0.2, 0) is 13.5 Å². The number of nitrogens with zero attached hydrogens (tertiary/aromatic N) is 2. The summed E-state index contributed by atoms with van der Waals surface area (Å²) in [4.78, 5) is 15.6. The first-order valence-corrected chi connectivity index (χ1v) is 5.97. The van der Waals surface area contributed by atoms with Gasteiger partial charge in [0.2, 0.25) is 0 Å². The van der Waals surface area contributed by atoms with E-state index in [4.69, 9.17) is 4.74 Å². The average Bonchev–Trinajstić information content (AvgIpc) is 2.75. The fraction of sp³-hybridized carbons (Fsp3) is 0.286. The molecule has 0 N–H and O–H groups in total. The molecule has 1 heterocycles. The van der Waals surface area contributed by atoms with Gasteiger partial charge < -0.3 is 9.30 Å². The average molecular weight is 262 g/mol. The molecule has 4 nitrogen and oxygen atoms in total. The topological polar surface area (TPSA) is 44.1 Å². The third-order valence-corrected chi connectivity index (χ3v) is 2.83. The molecule has 1 aromatic heterocycles. The Hall–Kier alpha value is -2.17. The molecule has 0 amide bonds. The van der Waals surface area contributed by atoms with Gasteiger partial charge in [0.05, 0.1) is 12.2 Å². The molecule has 0 fully saturated rings.